The summed E-state index contributed by atoms with van der Waals surface area (Å²) < 4.78 is 12.7. The average Bonchev–Trinajstić information content (AvgIpc) is 2.29. The Morgan fingerprint density at radius 3 is 2.56 bits per heavy atom. The van der Waals surface area contributed by atoms with Gasteiger partial charge in [-0.15, -0.1) is 6.58 Å². The van der Waals surface area contributed by atoms with Gasteiger partial charge in [-0.25, -0.2) is 4.39 Å². The van der Waals surface area contributed by atoms with E-state index in [9.17, 15) is 4.39 Å². The zero-order chi connectivity index (χ0) is 11.8. The maximum atomic E-state index is 12.7. The van der Waals surface area contributed by atoms with E-state index in [1.165, 1.54) is 17.7 Å². The van der Waals surface area contributed by atoms with Crippen molar-refractivity contribution >= 4 is 0 Å². The lowest BCUT2D eigenvalue weighted by atomic mass is 10.1. The number of unbranched alkanes of at least 4 members (excludes halogenated alkanes) is 1. The molecule has 1 nitrogen and oxygen atoms in total. The van der Waals surface area contributed by atoms with Gasteiger partial charge in [-0.1, -0.05) is 18.2 Å². The number of allylic oxidation sites excluding steroid dienone is 1. The van der Waals surface area contributed by atoms with Crippen LogP contribution in [-0.4, -0.2) is 25.0 Å². The second kappa shape index (κ2) is 7.18. The van der Waals surface area contributed by atoms with Crippen molar-refractivity contribution in [3.8, 4) is 0 Å². The summed E-state index contributed by atoms with van der Waals surface area (Å²) >= 11 is 0. The molecule has 0 aromatic heterocycles. The summed E-state index contributed by atoms with van der Waals surface area (Å²) in [7, 11) is 2.12. The number of benzene rings is 1. The second-order valence-corrected chi connectivity index (χ2v) is 4.11. The third-order valence-electron chi connectivity index (χ3n) is 2.64. The maximum Gasteiger partial charge on any atom is 0.123 e. The van der Waals surface area contributed by atoms with Gasteiger partial charge in [-0.3, -0.25) is 0 Å². The normalized spacial score (nSPS) is 10.7. The molecule has 1 aromatic rings. The zero-order valence-corrected chi connectivity index (χ0v) is 9.95. The van der Waals surface area contributed by atoms with Crippen LogP contribution in [0.3, 0.4) is 0 Å². The lowest BCUT2D eigenvalue weighted by molar-refractivity contribution is 0.334. The van der Waals surface area contributed by atoms with Crippen LogP contribution in [0.15, 0.2) is 36.9 Å². The summed E-state index contributed by atoms with van der Waals surface area (Å²) in [5, 5.41) is 0. The number of nitrogens with zero attached hydrogens (tertiary/aromatic N) is 1. The molecular formula is C14H20FN. The average molecular weight is 221 g/mol. The maximum absolute atomic E-state index is 12.7. The van der Waals surface area contributed by atoms with Crippen molar-refractivity contribution in [3.05, 3.63) is 48.3 Å². The second-order valence-electron chi connectivity index (χ2n) is 4.11. The molecule has 0 saturated carbocycles. The standard InChI is InChI=1S/C14H20FN/c1-3-4-5-11-16(2)12-10-13-6-8-14(15)9-7-13/h3,6-9H,1,4-5,10-12H2,2H3. The van der Waals surface area contributed by atoms with Gasteiger partial charge in [0.2, 0.25) is 0 Å². The molecule has 1 aromatic carbocycles. The van der Waals surface area contributed by atoms with E-state index in [0.29, 0.717) is 0 Å². The topological polar surface area (TPSA) is 3.24 Å². The Labute approximate surface area is 97.6 Å². The molecule has 0 atom stereocenters. The monoisotopic (exact) mass is 221 g/mol. The molecular weight excluding hydrogens is 201 g/mol. The number of halogens is 1. The van der Waals surface area contributed by atoms with Crippen LogP contribution >= 0.6 is 0 Å². The highest BCUT2D eigenvalue weighted by molar-refractivity contribution is 5.16. The minimum absolute atomic E-state index is 0.164. The van der Waals surface area contributed by atoms with Crippen LogP contribution in [-0.2, 0) is 6.42 Å². The molecule has 1 rings (SSSR count). The zero-order valence-electron chi connectivity index (χ0n) is 9.95. The lowest BCUT2D eigenvalue weighted by Gasteiger charge is -2.15. The van der Waals surface area contributed by atoms with Crippen molar-refractivity contribution in [3.63, 3.8) is 0 Å². The molecule has 0 aliphatic heterocycles. The van der Waals surface area contributed by atoms with Crippen molar-refractivity contribution in [2.75, 3.05) is 20.1 Å². The summed E-state index contributed by atoms with van der Waals surface area (Å²) in [6.45, 7) is 5.81. The first-order chi connectivity index (χ1) is 7.72. The fourth-order valence-corrected chi connectivity index (χ4v) is 1.59. The van der Waals surface area contributed by atoms with Crippen molar-refractivity contribution in [2.45, 2.75) is 19.3 Å². The highest BCUT2D eigenvalue weighted by Crippen LogP contribution is 2.04. The molecule has 0 radical (unpaired) electrons. The first-order valence-electron chi connectivity index (χ1n) is 5.76. The van der Waals surface area contributed by atoms with Gasteiger partial charge < -0.3 is 4.90 Å². The first kappa shape index (κ1) is 12.9. The van der Waals surface area contributed by atoms with Gasteiger partial charge in [0.15, 0.2) is 0 Å². The van der Waals surface area contributed by atoms with E-state index >= 15 is 0 Å². The molecule has 88 valence electrons. The van der Waals surface area contributed by atoms with Crippen LogP contribution in [0.1, 0.15) is 18.4 Å². The molecule has 0 amide bonds. The van der Waals surface area contributed by atoms with E-state index in [-0.39, 0.29) is 5.82 Å². The molecule has 0 fully saturated rings. The van der Waals surface area contributed by atoms with Gasteiger partial charge in [0.25, 0.3) is 0 Å². The molecule has 0 N–H and O–H groups in total. The fourth-order valence-electron chi connectivity index (χ4n) is 1.59. The van der Waals surface area contributed by atoms with Crippen LogP contribution in [0.25, 0.3) is 0 Å². The van der Waals surface area contributed by atoms with Crippen LogP contribution < -0.4 is 0 Å². The smallest absolute Gasteiger partial charge is 0.123 e. The van der Waals surface area contributed by atoms with Gasteiger partial charge in [0.05, 0.1) is 0 Å². The van der Waals surface area contributed by atoms with E-state index in [1.54, 1.807) is 0 Å². The van der Waals surface area contributed by atoms with Crippen molar-refractivity contribution in [1.82, 2.24) is 4.90 Å². The highest BCUT2D eigenvalue weighted by atomic mass is 19.1. The molecule has 0 aliphatic rings. The Morgan fingerprint density at radius 1 is 1.25 bits per heavy atom. The first-order valence-corrected chi connectivity index (χ1v) is 5.76. The Hall–Kier alpha value is -1.15. The van der Waals surface area contributed by atoms with E-state index < -0.39 is 0 Å². The van der Waals surface area contributed by atoms with Crippen LogP contribution in [0.4, 0.5) is 4.39 Å². The molecule has 0 aliphatic carbocycles. The minimum atomic E-state index is -0.164. The number of likely N-dealkylation sites (N-methyl/N-ethyl adjacent to an activating group) is 1. The molecule has 2 heteroatoms. The Bertz CT molecular complexity index is 305. The summed E-state index contributed by atoms with van der Waals surface area (Å²) in [6.07, 6.45) is 5.16. The van der Waals surface area contributed by atoms with Crippen LogP contribution in [0.2, 0.25) is 0 Å². The summed E-state index contributed by atoms with van der Waals surface area (Å²) in [4.78, 5) is 2.30. The van der Waals surface area contributed by atoms with Crippen LogP contribution in [0, 0.1) is 5.82 Å². The van der Waals surface area contributed by atoms with Crippen LogP contribution in [0.5, 0.6) is 0 Å². The third-order valence-corrected chi connectivity index (χ3v) is 2.64. The molecule has 0 saturated heterocycles. The Kier molecular flexibility index (Phi) is 5.79. The molecule has 16 heavy (non-hydrogen) atoms. The predicted octanol–water partition coefficient (Wildman–Crippen LogP) is 3.27. The number of rotatable bonds is 7. The van der Waals surface area contributed by atoms with Gasteiger partial charge in [-0.2, -0.15) is 0 Å². The van der Waals surface area contributed by atoms with Gasteiger partial charge >= 0.3 is 0 Å². The highest BCUT2D eigenvalue weighted by Gasteiger charge is 1.99. The largest absolute Gasteiger partial charge is 0.306 e. The van der Waals surface area contributed by atoms with Gasteiger partial charge in [0, 0.05) is 6.54 Å². The third kappa shape index (κ3) is 5.08. The molecule has 0 heterocycles. The summed E-state index contributed by atoms with van der Waals surface area (Å²) in [5.74, 6) is -0.164. The fraction of sp³-hybridized carbons (Fsp3) is 0.429. The van der Waals surface area contributed by atoms with E-state index in [0.717, 1.165) is 32.4 Å². The summed E-state index contributed by atoms with van der Waals surface area (Å²) in [5.41, 5.74) is 1.19. The quantitative estimate of drug-likeness (QED) is 0.504. The van der Waals surface area contributed by atoms with Crippen molar-refractivity contribution < 1.29 is 4.39 Å². The van der Waals surface area contributed by atoms with Gasteiger partial charge in [-0.05, 0) is 50.6 Å². The van der Waals surface area contributed by atoms with E-state index in [4.69, 9.17) is 0 Å². The van der Waals surface area contributed by atoms with E-state index in [1.807, 2.05) is 18.2 Å². The number of hydrogen-bond acceptors (Lipinski definition) is 1. The van der Waals surface area contributed by atoms with Crippen molar-refractivity contribution in [1.29, 1.82) is 0 Å². The summed E-state index contributed by atoms with van der Waals surface area (Å²) in [6, 6.07) is 6.75. The lowest BCUT2D eigenvalue weighted by Crippen LogP contribution is -2.22. The molecule has 0 bridgehead atoms. The SMILES string of the molecule is C=CCCCN(C)CCc1ccc(F)cc1. The molecule has 0 spiro atoms. The van der Waals surface area contributed by atoms with Gasteiger partial charge in [0.1, 0.15) is 5.82 Å². The molecule has 0 unspecified atom stereocenters. The van der Waals surface area contributed by atoms with Crippen molar-refractivity contribution in [2.24, 2.45) is 0 Å². The number of hydrogen-bond donors (Lipinski definition) is 0. The minimum Gasteiger partial charge on any atom is -0.306 e. The Morgan fingerprint density at radius 2 is 1.94 bits per heavy atom. The Balaban J connectivity index is 2.23. The van der Waals surface area contributed by atoms with E-state index in [2.05, 4.69) is 18.5 Å². The predicted molar refractivity (Wildman–Crippen MR) is 67.0 cm³/mol.